The summed E-state index contributed by atoms with van der Waals surface area (Å²) in [7, 11) is 0. The van der Waals surface area contributed by atoms with Gasteiger partial charge in [0.25, 0.3) is 0 Å². The standard InChI is InChI=1S/C11H14O3S/c1-8-4-6-15-10(8)11(12)14-7-9-3-2-5-13-9/h4,6,9H,2-3,5,7H2,1H3/t9-/m0/s1. The molecule has 0 saturated carbocycles. The molecule has 0 aromatic carbocycles. The first-order valence-electron chi connectivity index (χ1n) is 5.10. The number of ether oxygens (including phenoxy) is 2. The van der Waals surface area contributed by atoms with Gasteiger partial charge in [0.05, 0.1) is 6.10 Å². The molecule has 0 bridgehead atoms. The van der Waals surface area contributed by atoms with Gasteiger partial charge in [-0.1, -0.05) is 0 Å². The molecule has 1 atom stereocenters. The lowest BCUT2D eigenvalue weighted by Gasteiger charge is -2.09. The Balaban J connectivity index is 1.84. The van der Waals surface area contributed by atoms with Crippen LogP contribution >= 0.6 is 11.3 Å². The van der Waals surface area contributed by atoms with E-state index in [1.54, 1.807) is 0 Å². The molecule has 1 aliphatic heterocycles. The maximum Gasteiger partial charge on any atom is 0.348 e. The maximum absolute atomic E-state index is 11.6. The van der Waals surface area contributed by atoms with Gasteiger partial charge in [-0.3, -0.25) is 0 Å². The van der Waals surface area contributed by atoms with Crippen LogP contribution in [0.1, 0.15) is 28.1 Å². The fraction of sp³-hybridized carbons (Fsp3) is 0.545. The van der Waals surface area contributed by atoms with E-state index in [4.69, 9.17) is 9.47 Å². The molecule has 1 fully saturated rings. The summed E-state index contributed by atoms with van der Waals surface area (Å²) < 4.78 is 10.6. The van der Waals surface area contributed by atoms with Crippen LogP contribution in [0.5, 0.6) is 0 Å². The normalized spacial score (nSPS) is 20.5. The monoisotopic (exact) mass is 226 g/mol. The predicted molar refractivity (Wildman–Crippen MR) is 58.3 cm³/mol. The molecule has 0 N–H and O–H groups in total. The van der Waals surface area contributed by atoms with Gasteiger partial charge in [-0.05, 0) is 36.8 Å². The van der Waals surface area contributed by atoms with Crippen LogP contribution in [0.15, 0.2) is 11.4 Å². The molecule has 0 amide bonds. The highest BCUT2D eigenvalue weighted by molar-refractivity contribution is 7.12. The zero-order valence-electron chi connectivity index (χ0n) is 8.69. The number of rotatable bonds is 3. The van der Waals surface area contributed by atoms with E-state index in [1.165, 1.54) is 11.3 Å². The number of aryl methyl sites for hydroxylation is 1. The lowest BCUT2D eigenvalue weighted by molar-refractivity contribution is 0.0165. The van der Waals surface area contributed by atoms with Crippen LogP contribution in [0.25, 0.3) is 0 Å². The fourth-order valence-electron chi connectivity index (χ4n) is 1.59. The summed E-state index contributed by atoms with van der Waals surface area (Å²) in [5.74, 6) is -0.224. The van der Waals surface area contributed by atoms with Gasteiger partial charge < -0.3 is 9.47 Å². The van der Waals surface area contributed by atoms with Crippen LogP contribution in [-0.4, -0.2) is 25.3 Å². The summed E-state index contributed by atoms with van der Waals surface area (Å²) in [6.45, 7) is 3.09. The molecule has 2 heterocycles. The van der Waals surface area contributed by atoms with Gasteiger partial charge >= 0.3 is 5.97 Å². The minimum Gasteiger partial charge on any atom is -0.459 e. The summed E-state index contributed by atoms with van der Waals surface area (Å²) in [4.78, 5) is 12.3. The second kappa shape index (κ2) is 4.77. The van der Waals surface area contributed by atoms with Crippen molar-refractivity contribution < 1.29 is 14.3 Å². The molecule has 3 nitrogen and oxygen atoms in total. The summed E-state index contributed by atoms with van der Waals surface area (Å²) in [5, 5.41) is 1.90. The molecule has 0 spiro atoms. The molecule has 1 aromatic heterocycles. The molecule has 2 rings (SSSR count). The number of esters is 1. The second-order valence-electron chi connectivity index (χ2n) is 3.67. The van der Waals surface area contributed by atoms with Crippen molar-refractivity contribution in [1.29, 1.82) is 0 Å². The number of thiophene rings is 1. The minimum atomic E-state index is -0.224. The first kappa shape index (κ1) is 10.6. The third kappa shape index (κ3) is 2.58. The molecular formula is C11H14O3S. The Labute approximate surface area is 93.0 Å². The van der Waals surface area contributed by atoms with E-state index in [-0.39, 0.29) is 12.1 Å². The summed E-state index contributed by atoms with van der Waals surface area (Å²) in [6, 6.07) is 1.92. The van der Waals surface area contributed by atoms with Crippen LogP contribution in [0.4, 0.5) is 0 Å². The van der Waals surface area contributed by atoms with Crippen molar-refractivity contribution in [3.05, 3.63) is 21.9 Å². The fourth-order valence-corrected chi connectivity index (χ4v) is 2.41. The van der Waals surface area contributed by atoms with E-state index in [0.717, 1.165) is 25.0 Å². The largest absolute Gasteiger partial charge is 0.459 e. The number of carbonyl (C=O) groups is 1. The van der Waals surface area contributed by atoms with Crippen molar-refractivity contribution in [2.45, 2.75) is 25.9 Å². The lowest BCUT2D eigenvalue weighted by Crippen LogP contribution is -2.17. The Kier molecular flexibility index (Phi) is 3.38. The lowest BCUT2D eigenvalue weighted by atomic mass is 10.2. The molecule has 82 valence electrons. The van der Waals surface area contributed by atoms with Crippen molar-refractivity contribution >= 4 is 17.3 Å². The van der Waals surface area contributed by atoms with Gasteiger partial charge in [-0.15, -0.1) is 11.3 Å². The van der Waals surface area contributed by atoms with Crippen LogP contribution in [0.2, 0.25) is 0 Å². The maximum atomic E-state index is 11.6. The van der Waals surface area contributed by atoms with E-state index >= 15 is 0 Å². The summed E-state index contributed by atoms with van der Waals surface area (Å²) in [5.41, 5.74) is 0.984. The average Bonchev–Trinajstić information content (AvgIpc) is 2.84. The average molecular weight is 226 g/mol. The summed E-state index contributed by atoms with van der Waals surface area (Å²) in [6.07, 6.45) is 2.17. The number of carbonyl (C=O) groups excluding carboxylic acids is 1. The number of hydrogen-bond acceptors (Lipinski definition) is 4. The highest BCUT2D eigenvalue weighted by Gasteiger charge is 2.19. The van der Waals surface area contributed by atoms with Crippen LogP contribution in [0.3, 0.4) is 0 Å². The van der Waals surface area contributed by atoms with Gasteiger partial charge in [0.15, 0.2) is 0 Å². The minimum absolute atomic E-state index is 0.106. The first-order valence-corrected chi connectivity index (χ1v) is 5.98. The molecule has 1 saturated heterocycles. The molecule has 0 unspecified atom stereocenters. The quantitative estimate of drug-likeness (QED) is 0.742. The van der Waals surface area contributed by atoms with E-state index in [2.05, 4.69) is 0 Å². The highest BCUT2D eigenvalue weighted by atomic mass is 32.1. The van der Waals surface area contributed by atoms with Gasteiger partial charge in [-0.25, -0.2) is 4.79 Å². The Hall–Kier alpha value is -0.870. The van der Waals surface area contributed by atoms with E-state index in [0.29, 0.717) is 11.5 Å². The Morgan fingerprint density at radius 3 is 3.20 bits per heavy atom. The van der Waals surface area contributed by atoms with Crippen molar-refractivity contribution in [3.8, 4) is 0 Å². The molecule has 1 aromatic rings. The van der Waals surface area contributed by atoms with Crippen molar-refractivity contribution in [3.63, 3.8) is 0 Å². The van der Waals surface area contributed by atoms with E-state index < -0.39 is 0 Å². The predicted octanol–water partition coefficient (Wildman–Crippen LogP) is 2.39. The van der Waals surface area contributed by atoms with E-state index in [1.807, 2.05) is 18.4 Å². The van der Waals surface area contributed by atoms with Gasteiger partial charge in [0, 0.05) is 6.61 Å². The smallest absolute Gasteiger partial charge is 0.348 e. The van der Waals surface area contributed by atoms with Gasteiger partial charge in [0.2, 0.25) is 0 Å². The molecule has 0 aliphatic carbocycles. The van der Waals surface area contributed by atoms with Gasteiger partial charge in [0.1, 0.15) is 11.5 Å². The third-order valence-corrected chi connectivity index (χ3v) is 3.47. The molecule has 15 heavy (non-hydrogen) atoms. The van der Waals surface area contributed by atoms with Crippen LogP contribution in [0, 0.1) is 6.92 Å². The summed E-state index contributed by atoms with van der Waals surface area (Å²) >= 11 is 1.42. The second-order valence-corrected chi connectivity index (χ2v) is 4.58. The number of hydrogen-bond donors (Lipinski definition) is 0. The SMILES string of the molecule is Cc1ccsc1C(=O)OC[C@@H]1CCCO1. The Morgan fingerprint density at radius 2 is 2.60 bits per heavy atom. The van der Waals surface area contributed by atoms with Crippen molar-refractivity contribution in [2.75, 3.05) is 13.2 Å². The van der Waals surface area contributed by atoms with Crippen LogP contribution < -0.4 is 0 Å². The first-order chi connectivity index (χ1) is 7.27. The Morgan fingerprint density at radius 1 is 1.73 bits per heavy atom. The third-order valence-electron chi connectivity index (χ3n) is 2.47. The van der Waals surface area contributed by atoms with E-state index in [9.17, 15) is 4.79 Å². The van der Waals surface area contributed by atoms with Crippen LogP contribution in [-0.2, 0) is 9.47 Å². The molecule has 1 aliphatic rings. The molecule has 0 radical (unpaired) electrons. The molecular weight excluding hydrogens is 212 g/mol. The van der Waals surface area contributed by atoms with Crippen molar-refractivity contribution in [1.82, 2.24) is 0 Å². The topological polar surface area (TPSA) is 35.5 Å². The molecule has 4 heteroatoms. The Bertz CT molecular complexity index is 339. The van der Waals surface area contributed by atoms with Gasteiger partial charge in [-0.2, -0.15) is 0 Å². The van der Waals surface area contributed by atoms with Crippen molar-refractivity contribution in [2.24, 2.45) is 0 Å². The zero-order chi connectivity index (χ0) is 10.7. The zero-order valence-corrected chi connectivity index (χ0v) is 9.51. The highest BCUT2D eigenvalue weighted by Crippen LogP contribution is 2.18.